The van der Waals surface area contributed by atoms with E-state index in [2.05, 4.69) is 15.9 Å². The lowest BCUT2D eigenvalue weighted by molar-refractivity contribution is 0.0471. The van der Waals surface area contributed by atoms with Crippen LogP contribution in [0.3, 0.4) is 0 Å². The summed E-state index contributed by atoms with van der Waals surface area (Å²) in [5.74, 6) is -1.36. The summed E-state index contributed by atoms with van der Waals surface area (Å²) in [5.41, 5.74) is 5.67. The van der Waals surface area contributed by atoms with E-state index >= 15 is 0 Å². The quantitative estimate of drug-likeness (QED) is 0.691. The summed E-state index contributed by atoms with van der Waals surface area (Å²) in [6.07, 6.45) is 0. The Morgan fingerprint density at radius 2 is 2.17 bits per heavy atom. The Morgan fingerprint density at radius 3 is 2.83 bits per heavy atom. The van der Waals surface area contributed by atoms with E-state index in [1.165, 1.54) is 23.5 Å². The highest BCUT2D eigenvalue weighted by atomic mass is 79.9. The highest BCUT2D eigenvalue weighted by Crippen LogP contribution is 2.23. The third-order valence-electron chi connectivity index (χ3n) is 2.18. The Kier molecular flexibility index (Phi) is 3.98. The van der Waals surface area contributed by atoms with Gasteiger partial charge in [0.05, 0.1) is 9.35 Å². The van der Waals surface area contributed by atoms with Crippen LogP contribution in [0.25, 0.3) is 0 Å². The van der Waals surface area contributed by atoms with Crippen molar-refractivity contribution in [1.82, 2.24) is 0 Å². The molecule has 1 aromatic carbocycles. The zero-order valence-corrected chi connectivity index (χ0v) is 11.6. The number of benzene rings is 1. The number of anilines is 1. The lowest BCUT2D eigenvalue weighted by atomic mass is 10.2. The summed E-state index contributed by atoms with van der Waals surface area (Å²) in [5, 5.41) is 0. The van der Waals surface area contributed by atoms with Crippen molar-refractivity contribution in [1.29, 1.82) is 0 Å². The molecule has 0 bridgehead atoms. The topological polar surface area (TPSA) is 52.3 Å². The van der Waals surface area contributed by atoms with Crippen LogP contribution < -0.4 is 5.73 Å². The van der Waals surface area contributed by atoms with Gasteiger partial charge in [0.25, 0.3) is 0 Å². The van der Waals surface area contributed by atoms with Gasteiger partial charge in [-0.2, -0.15) is 0 Å². The second-order valence-electron chi connectivity index (χ2n) is 3.52. The average molecular weight is 330 g/mol. The predicted octanol–water partition coefficient (Wildman–Crippen LogP) is 3.59. The average Bonchev–Trinajstić information content (AvgIpc) is 2.75. The van der Waals surface area contributed by atoms with Crippen LogP contribution in [0.15, 0.2) is 34.1 Å². The van der Waals surface area contributed by atoms with Gasteiger partial charge >= 0.3 is 5.97 Å². The first kappa shape index (κ1) is 13.0. The molecule has 18 heavy (non-hydrogen) atoms. The summed E-state index contributed by atoms with van der Waals surface area (Å²) in [6, 6.07) is 7.49. The van der Waals surface area contributed by atoms with E-state index in [-0.39, 0.29) is 12.2 Å². The van der Waals surface area contributed by atoms with Gasteiger partial charge in [0.2, 0.25) is 0 Å². The summed E-state index contributed by atoms with van der Waals surface area (Å²) < 4.78 is 19.4. The highest BCUT2D eigenvalue weighted by Gasteiger charge is 2.14. The SMILES string of the molecule is Nc1ccc(F)c(C(=O)OCc2ccc(Br)s2)c1. The number of carbonyl (C=O) groups is 1. The van der Waals surface area contributed by atoms with Crippen molar-refractivity contribution in [2.24, 2.45) is 0 Å². The van der Waals surface area contributed by atoms with Crippen LogP contribution in [0.1, 0.15) is 15.2 Å². The first-order valence-electron chi connectivity index (χ1n) is 5.02. The summed E-state index contributed by atoms with van der Waals surface area (Å²) in [7, 11) is 0. The molecule has 2 aromatic rings. The number of nitrogens with two attached hydrogens (primary N) is 1. The van der Waals surface area contributed by atoms with Crippen molar-refractivity contribution in [3.63, 3.8) is 0 Å². The van der Waals surface area contributed by atoms with Crippen LogP contribution in [0.4, 0.5) is 10.1 Å². The molecule has 2 rings (SSSR count). The fourth-order valence-corrected chi connectivity index (χ4v) is 2.74. The summed E-state index contributed by atoms with van der Waals surface area (Å²) >= 11 is 4.76. The zero-order chi connectivity index (χ0) is 13.1. The first-order chi connectivity index (χ1) is 8.56. The van der Waals surface area contributed by atoms with E-state index in [0.717, 1.165) is 14.7 Å². The molecule has 94 valence electrons. The van der Waals surface area contributed by atoms with E-state index in [0.29, 0.717) is 5.69 Å². The highest BCUT2D eigenvalue weighted by molar-refractivity contribution is 9.11. The molecular weight excluding hydrogens is 321 g/mol. The van der Waals surface area contributed by atoms with E-state index in [4.69, 9.17) is 10.5 Å². The maximum atomic E-state index is 13.4. The van der Waals surface area contributed by atoms with E-state index in [1.807, 2.05) is 12.1 Å². The monoisotopic (exact) mass is 329 g/mol. The largest absolute Gasteiger partial charge is 0.456 e. The number of nitrogen functional groups attached to an aromatic ring is 1. The fourth-order valence-electron chi connectivity index (χ4n) is 1.34. The Bertz CT molecular complexity index is 585. The van der Waals surface area contributed by atoms with Crippen molar-refractivity contribution >= 4 is 38.9 Å². The molecular formula is C12H9BrFNO2S. The van der Waals surface area contributed by atoms with Crippen LogP contribution in [-0.2, 0) is 11.3 Å². The maximum absolute atomic E-state index is 13.4. The number of halogens is 2. The molecule has 1 aromatic heterocycles. The minimum absolute atomic E-state index is 0.114. The van der Waals surface area contributed by atoms with Gasteiger partial charge in [0, 0.05) is 10.6 Å². The number of rotatable bonds is 3. The van der Waals surface area contributed by atoms with Gasteiger partial charge in [-0.3, -0.25) is 0 Å². The molecule has 6 heteroatoms. The Balaban J connectivity index is 2.05. The van der Waals surface area contributed by atoms with Crippen molar-refractivity contribution in [3.8, 4) is 0 Å². The molecule has 0 saturated carbocycles. The summed E-state index contributed by atoms with van der Waals surface area (Å²) in [6.45, 7) is 0.114. The molecule has 3 nitrogen and oxygen atoms in total. The van der Waals surface area contributed by atoms with Crippen molar-refractivity contribution in [2.75, 3.05) is 5.73 Å². The van der Waals surface area contributed by atoms with Crippen molar-refractivity contribution < 1.29 is 13.9 Å². The van der Waals surface area contributed by atoms with Gasteiger partial charge in [-0.1, -0.05) is 0 Å². The number of ether oxygens (including phenoxy) is 1. The first-order valence-corrected chi connectivity index (χ1v) is 6.63. The number of esters is 1. The van der Waals surface area contributed by atoms with Gasteiger partial charge in [-0.25, -0.2) is 9.18 Å². The lowest BCUT2D eigenvalue weighted by Crippen LogP contribution is -2.07. The fraction of sp³-hybridized carbons (Fsp3) is 0.0833. The van der Waals surface area contributed by atoms with Crippen molar-refractivity contribution in [2.45, 2.75) is 6.61 Å². The molecule has 0 atom stereocenters. The molecule has 0 spiro atoms. The smallest absolute Gasteiger partial charge is 0.341 e. The lowest BCUT2D eigenvalue weighted by Gasteiger charge is -2.05. The van der Waals surface area contributed by atoms with E-state index < -0.39 is 11.8 Å². The van der Waals surface area contributed by atoms with E-state index in [9.17, 15) is 9.18 Å². The third kappa shape index (κ3) is 3.08. The molecule has 0 aliphatic carbocycles. The molecule has 0 unspecified atom stereocenters. The minimum atomic E-state index is -0.718. The van der Waals surface area contributed by atoms with Crippen LogP contribution >= 0.6 is 27.3 Å². The standard InChI is InChI=1S/C12H9BrFNO2S/c13-11-4-2-8(18-11)6-17-12(16)9-5-7(15)1-3-10(9)14/h1-5H,6,15H2. The number of thiophene rings is 1. The third-order valence-corrected chi connectivity index (χ3v) is 3.78. The maximum Gasteiger partial charge on any atom is 0.341 e. The number of hydrogen-bond donors (Lipinski definition) is 1. The second-order valence-corrected chi connectivity index (χ2v) is 6.07. The number of carbonyl (C=O) groups excluding carboxylic acids is 1. The zero-order valence-electron chi connectivity index (χ0n) is 9.15. The van der Waals surface area contributed by atoms with Crippen LogP contribution in [0.2, 0.25) is 0 Å². The molecule has 0 amide bonds. The van der Waals surface area contributed by atoms with Crippen molar-refractivity contribution in [3.05, 3.63) is 50.4 Å². The van der Waals surface area contributed by atoms with E-state index in [1.54, 1.807) is 0 Å². The van der Waals surface area contributed by atoms with Crippen LogP contribution in [-0.4, -0.2) is 5.97 Å². The van der Waals surface area contributed by atoms with Crippen LogP contribution in [0, 0.1) is 5.82 Å². The molecule has 0 radical (unpaired) electrons. The molecule has 0 aliphatic heterocycles. The Morgan fingerprint density at radius 1 is 1.39 bits per heavy atom. The van der Waals surface area contributed by atoms with Gasteiger partial charge in [-0.05, 0) is 46.3 Å². The normalized spacial score (nSPS) is 10.3. The molecule has 0 saturated heterocycles. The van der Waals surface area contributed by atoms with Gasteiger partial charge in [0.1, 0.15) is 12.4 Å². The van der Waals surface area contributed by atoms with Crippen LogP contribution in [0.5, 0.6) is 0 Å². The molecule has 0 aliphatic rings. The predicted molar refractivity (Wildman–Crippen MR) is 72.0 cm³/mol. The number of hydrogen-bond acceptors (Lipinski definition) is 4. The Hall–Kier alpha value is -1.40. The minimum Gasteiger partial charge on any atom is -0.456 e. The van der Waals surface area contributed by atoms with Gasteiger partial charge < -0.3 is 10.5 Å². The molecule has 1 heterocycles. The second kappa shape index (κ2) is 5.49. The summed E-state index contributed by atoms with van der Waals surface area (Å²) in [4.78, 5) is 12.5. The molecule has 2 N–H and O–H groups in total. The van der Waals surface area contributed by atoms with Gasteiger partial charge in [0.15, 0.2) is 0 Å². The van der Waals surface area contributed by atoms with Gasteiger partial charge in [-0.15, -0.1) is 11.3 Å². The molecule has 0 fully saturated rings. The Labute approximate surface area is 116 Å².